The Labute approximate surface area is 197 Å². The first-order valence-corrected chi connectivity index (χ1v) is 11.4. The van der Waals surface area contributed by atoms with Crippen molar-refractivity contribution in [1.82, 2.24) is 10.2 Å². The second kappa shape index (κ2) is 13.4. The van der Waals surface area contributed by atoms with Gasteiger partial charge in [0.2, 0.25) is 11.8 Å². The Balaban J connectivity index is 2.01. The fourth-order valence-electron chi connectivity index (χ4n) is 3.24. The molecule has 0 aliphatic rings. The van der Waals surface area contributed by atoms with Crippen LogP contribution in [-0.4, -0.2) is 49.6 Å². The minimum absolute atomic E-state index is 0.0478. The molecule has 0 saturated carbocycles. The van der Waals surface area contributed by atoms with E-state index in [2.05, 4.69) is 5.32 Å². The molecule has 0 spiro atoms. The lowest BCUT2D eigenvalue weighted by Crippen LogP contribution is -2.49. The zero-order chi connectivity index (χ0) is 24.2. The highest BCUT2D eigenvalue weighted by Crippen LogP contribution is 2.19. The number of rotatable bonds is 13. The third kappa shape index (κ3) is 8.33. The molecule has 33 heavy (non-hydrogen) atoms. The second-order valence-corrected chi connectivity index (χ2v) is 7.99. The predicted octanol–water partition coefficient (Wildman–Crippen LogP) is 4.19. The van der Waals surface area contributed by atoms with Crippen LogP contribution in [0, 0.1) is 0 Å². The van der Waals surface area contributed by atoms with Crippen molar-refractivity contribution in [3.8, 4) is 17.2 Å². The Morgan fingerprint density at radius 3 is 2.27 bits per heavy atom. The Morgan fingerprint density at radius 2 is 1.64 bits per heavy atom. The van der Waals surface area contributed by atoms with Crippen LogP contribution < -0.4 is 19.5 Å². The third-order valence-electron chi connectivity index (χ3n) is 5.52. The largest absolute Gasteiger partial charge is 0.497 e. The molecule has 0 radical (unpaired) electrons. The van der Waals surface area contributed by atoms with Gasteiger partial charge in [0.05, 0.1) is 20.8 Å². The van der Waals surface area contributed by atoms with Gasteiger partial charge in [-0.15, -0.1) is 0 Å². The molecule has 7 nitrogen and oxygen atoms in total. The maximum atomic E-state index is 13.1. The maximum absolute atomic E-state index is 13.1. The molecular formula is C26H36N2O5. The van der Waals surface area contributed by atoms with Crippen LogP contribution in [0.1, 0.15) is 45.6 Å². The topological polar surface area (TPSA) is 77.1 Å². The molecular weight excluding hydrogens is 420 g/mol. The summed E-state index contributed by atoms with van der Waals surface area (Å²) in [6, 6.07) is 14.3. The fourth-order valence-corrected chi connectivity index (χ4v) is 3.24. The second-order valence-electron chi connectivity index (χ2n) is 7.99. The van der Waals surface area contributed by atoms with Gasteiger partial charge in [-0.25, -0.2) is 0 Å². The molecule has 2 aromatic carbocycles. The van der Waals surface area contributed by atoms with Gasteiger partial charge in [0, 0.05) is 19.0 Å². The summed E-state index contributed by atoms with van der Waals surface area (Å²) in [5, 5.41) is 2.98. The summed E-state index contributed by atoms with van der Waals surface area (Å²) in [7, 11) is 3.22. The van der Waals surface area contributed by atoms with Gasteiger partial charge in [-0.3, -0.25) is 9.59 Å². The van der Waals surface area contributed by atoms with Gasteiger partial charge in [0.1, 0.15) is 23.3 Å². The Morgan fingerprint density at radius 1 is 0.970 bits per heavy atom. The Kier molecular flexibility index (Phi) is 10.5. The highest BCUT2D eigenvalue weighted by Gasteiger charge is 2.26. The zero-order valence-electron chi connectivity index (χ0n) is 20.3. The van der Waals surface area contributed by atoms with Crippen molar-refractivity contribution in [1.29, 1.82) is 0 Å². The van der Waals surface area contributed by atoms with Gasteiger partial charge in [0.25, 0.3) is 0 Å². The van der Waals surface area contributed by atoms with Crippen molar-refractivity contribution in [2.75, 3.05) is 20.8 Å². The van der Waals surface area contributed by atoms with Crippen LogP contribution in [0.15, 0.2) is 48.5 Å². The number of hydrogen-bond donors (Lipinski definition) is 1. The summed E-state index contributed by atoms with van der Waals surface area (Å²) in [5.74, 6) is 1.94. The van der Waals surface area contributed by atoms with Gasteiger partial charge < -0.3 is 24.4 Å². The van der Waals surface area contributed by atoms with Gasteiger partial charge in [-0.1, -0.05) is 19.1 Å². The molecule has 0 aromatic heterocycles. The van der Waals surface area contributed by atoms with Crippen molar-refractivity contribution in [2.45, 2.75) is 58.7 Å². The van der Waals surface area contributed by atoms with Crippen molar-refractivity contribution in [3.05, 3.63) is 54.1 Å². The quantitative estimate of drug-likeness (QED) is 0.457. The maximum Gasteiger partial charge on any atom is 0.242 e. The predicted molar refractivity (Wildman–Crippen MR) is 129 cm³/mol. The van der Waals surface area contributed by atoms with E-state index < -0.39 is 6.04 Å². The number of hydrogen-bond acceptors (Lipinski definition) is 5. The lowest BCUT2D eigenvalue weighted by Gasteiger charge is -2.30. The van der Waals surface area contributed by atoms with E-state index >= 15 is 0 Å². The summed E-state index contributed by atoms with van der Waals surface area (Å²) in [5.41, 5.74) is 0.903. The van der Waals surface area contributed by atoms with Gasteiger partial charge >= 0.3 is 0 Å². The van der Waals surface area contributed by atoms with E-state index in [9.17, 15) is 9.59 Å². The van der Waals surface area contributed by atoms with Crippen LogP contribution in [0.2, 0.25) is 0 Å². The summed E-state index contributed by atoms with van der Waals surface area (Å²) >= 11 is 0. The molecule has 7 heteroatoms. The highest BCUT2D eigenvalue weighted by atomic mass is 16.5. The van der Waals surface area contributed by atoms with Crippen molar-refractivity contribution >= 4 is 11.8 Å². The molecule has 0 bridgehead atoms. The monoisotopic (exact) mass is 456 g/mol. The number of carbonyl (C=O) groups is 2. The van der Waals surface area contributed by atoms with E-state index in [-0.39, 0.29) is 24.3 Å². The molecule has 2 atom stereocenters. The van der Waals surface area contributed by atoms with Crippen LogP contribution in [0.4, 0.5) is 0 Å². The molecule has 0 aliphatic heterocycles. The molecule has 0 saturated heterocycles. The van der Waals surface area contributed by atoms with Crippen molar-refractivity contribution in [2.24, 2.45) is 0 Å². The third-order valence-corrected chi connectivity index (χ3v) is 5.52. The fraction of sp³-hybridized carbons (Fsp3) is 0.462. The minimum Gasteiger partial charge on any atom is -0.497 e. The van der Waals surface area contributed by atoms with E-state index in [4.69, 9.17) is 14.2 Å². The molecule has 0 unspecified atom stereocenters. The molecule has 2 aromatic rings. The van der Waals surface area contributed by atoms with Crippen molar-refractivity contribution < 1.29 is 23.8 Å². The van der Waals surface area contributed by atoms with Crippen molar-refractivity contribution in [3.63, 3.8) is 0 Å². The number of carbonyl (C=O) groups excluding carboxylic acids is 2. The molecule has 180 valence electrons. The van der Waals surface area contributed by atoms with Gasteiger partial charge in [0.15, 0.2) is 0 Å². The van der Waals surface area contributed by atoms with E-state index in [1.165, 1.54) is 0 Å². The number of nitrogens with zero attached hydrogens (tertiary/aromatic N) is 1. The molecule has 2 amide bonds. The summed E-state index contributed by atoms with van der Waals surface area (Å²) in [6.07, 6.45) is 1.64. The Hall–Kier alpha value is -3.22. The van der Waals surface area contributed by atoms with E-state index in [0.717, 1.165) is 23.5 Å². The molecule has 0 heterocycles. The first-order chi connectivity index (χ1) is 15.9. The average molecular weight is 457 g/mol. The minimum atomic E-state index is -0.597. The van der Waals surface area contributed by atoms with E-state index in [1.54, 1.807) is 26.0 Å². The number of ether oxygens (including phenoxy) is 3. The van der Waals surface area contributed by atoms with Crippen LogP contribution >= 0.6 is 0 Å². The zero-order valence-corrected chi connectivity index (χ0v) is 20.3. The first-order valence-electron chi connectivity index (χ1n) is 11.4. The Bertz CT molecular complexity index is 885. The number of amides is 2. The summed E-state index contributed by atoms with van der Waals surface area (Å²) in [6.45, 7) is 6.46. The molecule has 0 fully saturated rings. The first kappa shape index (κ1) is 26.0. The number of methoxy groups -OCH3 is 2. The number of benzene rings is 2. The lowest BCUT2D eigenvalue weighted by molar-refractivity contribution is -0.141. The number of nitrogens with one attached hydrogen (secondary N) is 1. The van der Waals surface area contributed by atoms with Gasteiger partial charge in [-0.2, -0.15) is 0 Å². The highest BCUT2D eigenvalue weighted by molar-refractivity contribution is 5.87. The van der Waals surface area contributed by atoms with Crippen LogP contribution in [0.25, 0.3) is 0 Å². The van der Waals surface area contributed by atoms with Crippen LogP contribution in [0.5, 0.6) is 17.2 Å². The van der Waals surface area contributed by atoms with E-state index in [0.29, 0.717) is 25.3 Å². The van der Waals surface area contributed by atoms with Crippen LogP contribution in [0.3, 0.4) is 0 Å². The smallest absolute Gasteiger partial charge is 0.242 e. The summed E-state index contributed by atoms with van der Waals surface area (Å²) in [4.78, 5) is 27.5. The molecule has 2 rings (SSSR count). The van der Waals surface area contributed by atoms with E-state index in [1.807, 2.05) is 62.4 Å². The molecule has 0 aliphatic carbocycles. The van der Waals surface area contributed by atoms with Crippen LogP contribution in [-0.2, 0) is 16.1 Å². The normalized spacial score (nSPS) is 12.4. The standard InChI is InChI=1S/C26H36N2O5/c1-6-19(2)27-26(30)20(3)28(18-21-9-7-10-24(17-21)32-5)25(29)11-8-16-33-23-14-12-22(31-4)13-15-23/h7,9-10,12-15,17,19-20H,6,8,11,16,18H2,1-5H3,(H,27,30)/t19-,20+/m1/s1. The summed E-state index contributed by atoms with van der Waals surface area (Å²) < 4.78 is 16.2. The van der Waals surface area contributed by atoms with Gasteiger partial charge in [-0.05, 0) is 68.7 Å². The molecule has 1 N–H and O–H groups in total. The average Bonchev–Trinajstić information content (AvgIpc) is 2.84. The lowest BCUT2D eigenvalue weighted by atomic mass is 10.1. The SMILES string of the molecule is CC[C@@H](C)NC(=O)[C@H](C)N(Cc1cccc(OC)c1)C(=O)CCCOc1ccc(OC)cc1.